The van der Waals surface area contributed by atoms with Gasteiger partial charge in [0.2, 0.25) is 5.43 Å². The molecule has 5 N–H and O–H groups in total. The van der Waals surface area contributed by atoms with Crippen molar-refractivity contribution in [3.05, 3.63) is 69.6 Å². The molecule has 0 unspecified atom stereocenters. The number of piperazine rings is 1. The van der Waals surface area contributed by atoms with Crippen molar-refractivity contribution in [2.24, 2.45) is 23.7 Å². The molecule has 8 heterocycles. The number of benzene rings is 3. The molecule has 2 aromatic rings. The molecule has 69 heavy (non-hydrogen) atoms. The number of nitrogens with one attached hydrogen (secondary N) is 1. The van der Waals surface area contributed by atoms with Crippen LogP contribution in [0.3, 0.4) is 0 Å². The van der Waals surface area contributed by atoms with Gasteiger partial charge >= 0.3 is 11.8 Å². The summed E-state index contributed by atoms with van der Waals surface area (Å²) in [6, 6.07) is 3.21. The highest BCUT2D eigenvalue weighted by atomic mass is 16.7. The van der Waals surface area contributed by atoms with Gasteiger partial charge in [0.1, 0.15) is 40.3 Å². The molecule has 9 aliphatic rings. The number of aliphatic hydroxyl groups is 2. The van der Waals surface area contributed by atoms with E-state index < -0.39 is 76.3 Å². The molecule has 10 atom stereocenters. The number of phenols is 2. The first-order valence-corrected chi connectivity index (χ1v) is 23.4. The van der Waals surface area contributed by atoms with Crippen molar-refractivity contribution in [3.63, 3.8) is 0 Å². The molecule has 8 aliphatic heterocycles. The van der Waals surface area contributed by atoms with Gasteiger partial charge in [-0.25, -0.2) is 4.98 Å². The summed E-state index contributed by atoms with van der Waals surface area (Å²) < 4.78 is 37.0. The summed E-state index contributed by atoms with van der Waals surface area (Å²) in [5.41, 5.74) is -1.48. The quantitative estimate of drug-likeness (QED) is 0.0934. The summed E-state index contributed by atoms with van der Waals surface area (Å²) >= 11 is 0. The molecule has 370 valence electrons. The van der Waals surface area contributed by atoms with Gasteiger partial charge in [0.15, 0.2) is 11.3 Å². The van der Waals surface area contributed by atoms with Crippen molar-refractivity contribution in [3.8, 4) is 28.7 Å². The number of methoxy groups -OCH3 is 1. The SMILES string of the molecule is CO[C@H]1/C=C/O[C@@]2(C)Oc3c(C)c(O)c4c(=O)c(c5oc6cc(N7CCN(CCO)CC7)cc(O)c6nc-5c4c3C2=O)NC(=O)/C(C)=C\C=C\[C@]2(C)O[C@H]([C@@H](C)[C@@H](O)[C@@H](C)[C@H](OC(C)=O)[C@@H]1C)[C@H]2C. The average molecular weight is 955 g/mol. The third-order valence-corrected chi connectivity index (χ3v) is 14.8. The molecule has 18 heteroatoms. The maximum atomic E-state index is 14.9. The first-order valence-electron chi connectivity index (χ1n) is 23.4. The number of carbonyl (C=O) groups is 3. The van der Waals surface area contributed by atoms with E-state index in [-0.39, 0.29) is 85.8 Å². The van der Waals surface area contributed by atoms with Gasteiger partial charge in [0, 0.05) is 112 Å². The smallest absolute Gasteiger partial charge is 0.312 e. The molecule has 2 saturated heterocycles. The third-order valence-electron chi connectivity index (χ3n) is 14.8. The first-order chi connectivity index (χ1) is 32.6. The van der Waals surface area contributed by atoms with E-state index in [0.717, 1.165) is 0 Å². The van der Waals surface area contributed by atoms with Gasteiger partial charge in [-0.05, 0) is 26.8 Å². The minimum Gasteiger partial charge on any atom is -0.507 e. The molecular formula is C51H62N4O14. The Morgan fingerprint density at radius 3 is 2.36 bits per heavy atom. The predicted molar refractivity (Wildman–Crippen MR) is 256 cm³/mol. The number of amides is 1. The van der Waals surface area contributed by atoms with Crippen molar-refractivity contribution in [1.82, 2.24) is 9.88 Å². The highest BCUT2D eigenvalue weighted by molar-refractivity contribution is 6.22. The Kier molecular flexibility index (Phi) is 13.4. The van der Waals surface area contributed by atoms with Crippen LogP contribution in [0, 0.1) is 30.6 Å². The standard InChI is InChI=1S/C51H62N4O14/c1-24-12-11-14-50(8)29(6)45(68-50)27(4)41(59)26(3)44(66-30(7)57)25(2)33(64-10)13-21-65-51(9)48(62)37-35-36(42(60)28(5)46(37)69-51)43(61)40(53-49(24)63)47-39(35)52-38-32(58)22-31(23-34(38)67-47)55-17-15-54(16-18-55)19-20-56/h11-14,21-23,25-27,29,33,41,44-45,56,58-60H,15-20H2,1-10H3,(H,53,63)/b14-11+,21-13+,24-12-/t25-,26-,27+,29-,33+,41+,44-,45-,50+,51+/m1/s1. The number of ketones is 1. The number of carbonyl (C=O) groups excluding carboxylic acids is 3. The minimum atomic E-state index is -2.08. The molecule has 0 radical (unpaired) electrons. The molecular weight excluding hydrogens is 893 g/mol. The summed E-state index contributed by atoms with van der Waals surface area (Å²) in [7, 11) is 1.46. The van der Waals surface area contributed by atoms with Gasteiger partial charge in [0.25, 0.3) is 11.7 Å². The fourth-order valence-electron chi connectivity index (χ4n) is 10.3. The zero-order valence-electron chi connectivity index (χ0n) is 40.6. The second kappa shape index (κ2) is 18.7. The number of allylic oxidation sites excluding steroid dienone is 2. The van der Waals surface area contributed by atoms with E-state index in [1.165, 1.54) is 46.3 Å². The number of aromatic nitrogens is 1. The average Bonchev–Trinajstić information content (AvgIpc) is 3.58. The number of aliphatic hydroxyl groups excluding tert-OH is 2. The van der Waals surface area contributed by atoms with Crippen LogP contribution in [-0.2, 0) is 28.5 Å². The number of Topliss-reactive ketones (excluding diaryl/α,β-unsaturated/α-hetero) is 1. The van der Waals surface area contributed by atoms with Gasteiger partial charge in [-0.3, -0.25) is 24.1 Å². The van der Waals surface area contributed by atoms with Gasteiger partial charge in [-0.2, -0.15) is 0 Å². The van der Waals surface area contributed by atoms with Crippen LogP contribution in [0.4, 0.5) is 11.4 Å². The van der Waals surface area contributed by atoms with Crippen molar-refractivity contribution in [2.75, 3.05) is 56.7 Å². The van der Waals surface area contributed by atoms with E-state index in [2.05, 4.69) is 10.2 Å². The van der Waals surface area contributed by atoms with Crippen LogP contribution in [0.15, 0.2) is 57.5 Å². The topological polar surface area (TPSA) is 240 Å². The Balaban J connectivity index is 1.30. The molecule has 18 nitrogen and oxygen atoms in total. The van der Waals surface area contributed by atoms with Crippen molar-refractivity contribution >= 4 is 50.9 Å². The lowest BCUT2D eigenvalue weighted by Gasteiger charge is -2.54. The molecule has 0 saturated carbocycles. The lowest BCUT2D eigenvalue weighted by molar-refractivity contribution is -0.251. The number of hydrogen-bond donors (Lipinski definition) is 5. The van der Waals surface area contributed by atoms with Gasteiger partial charge < -0.3 is 58.7 Å². The van der Waals surface area contributed by atoms with E-state index in [4.69, 9.17) is 33.1 Å². The Morgan fingerprint density at radius 1 is 1.00 bits per heavy atom. The summed E-state index contributed by atoms with van der Waals surface area (Å²) in [6.07, 6.45) is 4.82. The number of esters is 1. The van der Waals surface area contributed by atoms with Crippen LogP contribution in [0.1, 0.15) is 71.3 Å². The summed E-state index contributed by atoms with van der Waals surface area (Å²) in [5, 5.41) is 46.9. The van der Waals surface area contributed by atoms with Crippen molar-refractivity contribution in [2.45, 2.75) is 98.1 Å². The first kappa shape index (κ1) is 49.4. The van der Waals surface area contributed by atoms with E-state index in [0.29, 0.717) is 38.4 Å². The zero-order chi connectivity index (χ0) is 50.0. The zero-order valence-corrected chi connectivity index (χ0v) is 40.6. The summed E-state index contributed by atoms with van der Waals surface area (Å²) in [6.45, 7) is 18.1. The number of fused-ring (bicyclic) bond motifs is 1. The number of aromatic hydroxyl groups is 2. The Hall–Kier alpha value is -6.05. The number of hydrogen-bond acceptors (Lipinski definition) is 17. The second-order valence-electron chi connectivity index (χ2n) is 19.3. The van der Waals surface area contributed by atoms with Crippen LogP contribution in [0.2, 0.25) is 0 Å². The van der Waals surface area contributed by atoms with Crippen molar-refractivity contribution in [1.29, 1.82) is 0 Å². The van der Waals surface area contributed by atoms with E-state index in [1.807, 2.05) is 31.7 Å². The number of nitrogens with zero attached hydrogens (tertiary/aromatic N) is 3. The van der Waals surface area contributed by atoms with Crippen LogP contribution in [-0.4, -0.2) is 130 Å². The third kappa shape index (κ3) is 8.59. The molecule has 2 aromatic carbocycles. The van der Waals surface area contributed by atoms with Crippen LogP contribution < -0.4 is 20.4 Å². The molecule has 1 aliphatic carbocycles. The normalized spacial score (nSPS) is 31.9. The number of anilines is 2. The summed E-state index contributed by atoms with van der Waals surface area (Å²) in [4.78, 5) is 65.4. The lowest BCUT2D eigenvalue weighted by atomic mass is 9.70. The van der Waals surface area contributed by atoms with E-state index in [9.17, 15) is 39.6 Å². The number of phenolic OH excluding ortho intramolecular Hbond substituents is 2. The number of rotatable bonds is 5. The lowest BCUT2D eigenvalue weighted by Crippen LogP contribution is -2.60. The predicted octanol–water partition coefficient (Wildman–Crippen LogP) is 5.57. The largest absolute Gasteiger partial charge is 0.507 e. The Labute approximate surface area is 399 Å². The monoisotopic (exact) mass is 954 g/mol. The number of ether oxygens (including phenoxy) is 5. The van der Waals surface area contributed by atoms with Crippen LogP contribution in [0.25, 0.3) is 33.3 Å². The molecule has 11 rings (SSSR count). The van der Waals surface area contributed by atoms with Gasteiger partial charge in [-0.1, -0.05) is 45.9 Å². The molecule has 7 bridgehead atoms. The highest BCUT2D eigenvalue weighted by Crippen LogP contribution is 2.51. The van der Waals surface area contributed by atoms with E-state index in [1.54, 1.807) is 39.0 Å². The van der Waals surface area contributed by atoms with Gasteiger partial charge in [-0.15, -0.1) is 0 Å². The fourth-order valence-corrected chi connectivity index (χ4v) is 10.3. The molecule has 0 aromatic heterocycles. The van der Waals surface area contributed by atoms with Gasteiger partial charge in [0.05, 0.1) is 47.7 Å². The molecule has 0 spiro atoms. The summed E-state index contributed by atoms with van der Waals surface area (Å²) in [5.74, 6) is -6.88. The van der Waals surface area contributed by atoms with Crippen LogP contribution in [0.5, 0.6) is 17.2 Å². The Morgan fingerprint density at radius 2 is 1.71 bits per heavy atom. The number of β-amino-alcohol motifs (C(OH)–C–C–N with tert-alkyl or cyclic N) is 1. The van der Waals surface area contributed by atoms with Crippen molar-refractivity contribution < 1.29 is 62.9 Å². The maximum Gasteiger partial charge on any atom is 0.312 e. The Bertz CT molecular complexity index is 2830. The highest BCUT2D eigenvalue weighted by Gasteiger charge is 2.53. The minimum absolute atomic E-state index is 0.0270. The van der Waals surface area contributed by atoms with Crippen LogP contribution >= 0.6 is 0 Å². The second-order valence-corrected chi connectivity index (χ2v) is 19.3. The van der Waals surface area contributed by atoms with E-state index >= 15 is 0 Å². The molecule has 2 fully saturated rings. The fraction of sp³-hybridized carbons (Fsp3) is 0.510. The maximum absolute atomic E-state index is 14.9. The molecule has 1 amide bonds.